The van der Waals surface area contributed by atoms with Crippen LogP contribution in [0.1, 0.15) is 30.1 Å². The number of hydrogen-bond donors (Lipinski definition) is 1. The smallest absolute Gasteiger partial charge is 0.179 e. The molecule has 2 nitrogen and oxygen atoms in total. The first-order chi connectivity index (χ1) is 8.76. The Morgan fingerprint density at radius 1 is 1.17 bits per heavy atom. The van der Waals surface area contributed by atoms with Crippen molar-refractivity contribution >= 4 is 16.6 Å². The Kier molecular flexibility index (Phi) is 4.11. The van der Waals surface area contributed by atoms with E-state index in [9.17, 15) is 4.79 Å². The first-order valence-corrected chi connectivity index (χ1v) is 6.46. The lowest BCUT2D eigenvalue weighted by atomic mass is 9.98. The number of nitrogens with one attached hydrogen (secondary N) is 1. The van der Waals surface area contributed by atoms with Crippen LogP contribution in [-0.2, 0) is 0 Å². The highest BCUT2D eigenvalue weighted by Gasteiger charge is 2.17. The molecule has 0 aliphatic heterocycles. The zero-order valence-corrected chi connectivity index (χ0v) is 10.9. The van der Waals surface area contributed by atoms with E-state index in [1.165, 1.54) is 5.39 Å². The number of rotatable bonds is 5. The Morgan fingerprint density at radius 2 is 1.89 bits per heavy atom. The van der Waals surface area contributed by atoms with Crippen molar-refractivity contribution in [3.8, 4) is 0 Å². The van der Waals surface area contributed by atoms with E-state index in [1.807, 2.05) is 43.4 Å². The standard InChI is InChI=1S/C16H19NO/c1-3-6-15(17-2)16(18)14-10-9-12-7-4-5-8-13(12)11-14/h4-5,7-11,15,17H,3,6H2,1-2H3. The maximum absolute atomic E-state index is 12.3. The van der Waals surface area contributed by atoms with E-state index in [-0.39, 0.29) is 11.8 Å². The average molecular weight is 241 g/mol. The molecule has 18 heavy (non-hydrogen) atoms. The van der Waals surface area contributed by atoms with Gasteiger partial charge in [-0.05, 0) is 30.3 Å². The first-order valence-electron chi connectivity index (χ1n) is 6.46. The van der Waals surface area contributed by atoms with Gasteiger partial charge < -0.3 is 5.32 Å². The zero-order chi connectivity index (χ0) is 13.0. The predicted octanol–water partition coefficient (Wildman–Crippen LogP) is 3.41. The largest absolute Gasteiger partial charge is 0.310 e. The van der Waals surface area contributed by atoms with Crippen LogP contribution in [0.3, 0.4) is 0 Å². The molecular formula is C16H19NO. The summed E-state index contributed by atoms with van der Waals surface area (Å²) in [6.45, 7) is 2.10. The Balaban J connectivity index is 2.32. The van der Waals surface area contributed by atoms with Crippen LogP contribution < -0.4 is 5.32 Å². The molecule has 0 aliphatic carbocycles. The molecule has 1 unspecified atom stereocenters. The lowest BCUT2D eigenvalue weighted by Crippen LogP contribution is -2.33. The monoisotopic (exact) mass is 241 g/mol. The number of ketones is 1. The van der Waals surface area contributed by atoms with Gasteiger partial charge in [0.05, 0.1) is 6.04 Å². The summed E-state index contributed by atoms with van der Waals surface area (Å²) in [5.74, 6) is 0.185. The minimum absolute atomic E-state index is 0.0730. The molecule has 0 aliphatic rings. The van der Waals surface area contributed by atoms with Gasteiger partial charge >= 0.3 is 0 Å². The van der Waals surface area contributed by atoms with E-state index in [0.29, 0.717) is 0 Å². The van der Waals surface area contributed by atoms with Gasteiger partial charge in [0.1, 0.15) is 0 Å². The van der Waals surface area contributed by atoms with Crippen LogP contribution >= 0.6 is 0 Å². The van der Waals surface area contributed by atoms with Gasteiger partial charge in [-0.2, -0.15) is 0 Å². The van der Waals surface area contributed by atoms with E-state index in [0.717, 1.165) is 23.8 Å². The summed E-state index contributed by atoms with van der Waals surface area (Å²) in [6, 6.07) is 14.0. The molecule has 0 heterocycles. The predicted molar refractivity (Wildman–Crippen MR) is 76.0 cm³/mol. The molecule has 0 amide bonds. The fraction of sp³-hybridized carbons (Fsp3) is 0.312. The number of carbonyl (C=O) groups is 1. The van der Waals surface area contributed by atoms with Gasteiger partial charge in [-0.15, -0.1) is 0 Å². The minimum Gasteiger partial charge on any atom is -0.310 e. The molecule has 0 saturated carbocycles. The van der Waals surface area contributed by atoms with Crippen LogP contribution in [0.25, 0.3) is 10.8 Å². The Labute approximate surface area is 108 Å². The summed E-state index contributed by atoms with van der Waals surface area (Å²) in [5.41, 5.74) is 0.793. The van der Waals surface area contributed by atoms with Crippen molar-refractivity contribution in [2.24, 2.45) is 0 Å². The van der Waals surface area contributed by atoms with Crippen molar-refractivity contribution < 1.29 is 4.79 Å². The highest BCUT2D eigenvalue weighted by Crippen LogP contribution is 2.17. The normalized spacial score (nSPS) is 12.6. The molecule has 2 aromatic carbocycles. The van der Waals surface area contributed by atoms with E-state index < -0.39 is 0 Å². The van der Waals surface area contributed by atoms with Gasteiger partial charge in [-0.1, -0.05) is 49.7 Å². The Bertz CT molecular complexity index is 548. The molecule has 0 bridgehead atoms. The van der Waals surface area contributed by atoms with Crippen molar-refractivity contribution in [1.29, 1.82) is 0 Å². The zero-order valence-electron chi connectivity index (χ0n) is 10.9. The highest BCUT2D eigenvalue weighted by atomic mass is 16.1. The summed E-state index contributed by atoms with van der Waals surface area (Å²) in [7, 11) is 1.85. The molecule has 2 heteroatoms. The van der Waals surface area contributed by atoms with Gasteiger partial charge in [0, 0.05) is 5.56 Å². The molecule has 94 valence electrons. The van der Waals surface area contributed by atoms with Crippen molar-refractivity contribution in [1.82, 2.24) is 5.32 Å². The fourth-order valence-corrected chi connectivity index (χ4v) is 2.24. The van der Waals surface area contributed by atoms with Crippen LogP contribution in [0.4, 0.5) is 0 Å². The second kappa shape index (κ2) is 5.78. The summed E-state index contributed by atoms with van der Waals surface area (Å²) >= 11 is 0. The van der Waals surface area contributed by atoms with Crippen LogP contribution in [0.5, 0.6) is 0 Å². The molecule has 1 atom stereocenters. The van der Waals surface area contributed by atoms with Gasteiger partial charge in [0.15, 0.2) is 5.78 Å². The first kappa shape index (κ1) is 12.8. The van der Waals surface area contributed by atoms with Crippen molar-refractivity contribution in [3.63, 3.8) is 0 Å². The topological polar surface area (TPSA) is 29.1 Å². The summed E-state index contributed by atoms with van der Waals surface area (Å²) < 4.78 is 0. The number of Topliss-reactive ketones (excluding diaryl/α,β-unsaturated/α-hetero) is 1. The number of fused-ring (bicyclic) bond motifs is 1. The van der Waals surface area contributed by atoms with Crippen molar-refractivity contribution in [2.45, 2.75) is 25.8 Å². The molecule has 0 radical (unpaired) electrons. The van der Waals surface area contributed by atoms with Crippen LogP contribution in [0.15, 0.2) is 42.5 Å². The van der Waals surface area contributed by atoms with Crippen LogP contribution in [-0.4, -0.2) is 18.9 Å². The van der Waals surface area contributed by atoms with E-state index >= 15 is 0 Å². The third-order valence-corrected chi connectivity index (χ3v) is 3.28. The lowest BCUT2D eigenvalue weighted by Gasteiger charge is -2.14. The van der Waals surface area contributed by atoms with Gasteiger partial charge in [-0.3, -0.25) is 4.79 Å². The third kappa shape index (κ3) is 2.59. The third-order valence-electron chi connectivity index (χ3n) is 3.28. The molecule has 1 N–H and O–H groups in total. The molecular weight excluding hydrogens is 222 g/mol. The quantitative estimate of drug-likeness (QED) is 0.813. The molecule has 0 saturated heterocycles. The molecule has 2 rings (SSSR count). The van der Waals surface area contributed by atoms with E-state index in [4.69, 9.17) is 0 Å². The van der Waals surface area contributed by atoms with Crippen LogP contribution in [0, 0.1) is 0 Å². The average Bonchev–Trinajstić information content (AvgIpc) is 2.43. The minimum atomic E-state index is -0.0730. The summed E-state index contributed by atoms with van der Waals surface area (Å²) in [6.07, 6.45) is 1.88. The maximum atomic E-state index is 12.3. The van der Waals surface area contributed by atoms with Gasteiger partial charge in [0.25, 0.3) is 0 Å². The number of hydrogen-bond acceptors (Lipinski definition) is 2. The van der Waals surface area contributed by atoms with Crippen molar-refractivity contribution in [3.05, 3.63) is 48.0 Å². The number of carbonyl (C=O) groups excluding carboxylic acids is 1. The van der Waals surface area contributed by atoms with Gasteiger partial charge in [-0.25, -0.2) is 0 Å². The highest BCUT2D eigenvalue weighted by molar-refractivity contribution is 6.03. The second-order valence-corrected chi connectivity index (χ2v) is 4.56. The fourth-order valence-electron chi connectivity index (χ4n) is 2.24. The Hall–Kier alpha value is -1.67. The van der Waals surface area contributed by atoms with E-state index in [1.54, 1.807) is 0 Å². The summed E-state index contributed by atoms with van der Waals surface area (Å²) in [5, 5.41) is 5.39. The molecule has 0 spiro atoms. The molecule has 0 fully saturated rings. The van der Waals surface area contributed by atoms with Crippen LogP contribution in [0.2, 0.25) is 0 Å². The number of benzene rings is 2. The van der Waals surface area contributed by atoms with E-state index in [2.05, 4.69) is 18.3 Å². The SMILES string of the molecule is CCCC(NC)C(=O)c1ccc2ccccc2c1. The molecule has 0 aromatic heterocycles. The maximum Gasteiger partial charge on any atom is 0.179 e. The molecule has 2 aromatic rings. The van der Waals surface area contributed by atoms with Crippen molar-refractivity contribution in [2.75, 3.05) is 7.05 Å². The second-order valence-electron chi connectivity index (χ2n) is 4.56. The lowest BCUT2D eigenvalue weighted by molar-refractivity contribution is 0.0942. The van der Waals surface area contributed by atoms with Gasteiger partial charge in [0.2, 0.25) is 0 Å². The number of likely N-dealkylation sites (N-methyl/N-ethyl adjacent to an activating group) is 1. The summed E-state index contributed by atoms with van der Waals surface area (Å²) in [4.78, 5) is 12.3. The Morgan fingerprint density at radius 3 is 2.56 bits per heavy atom.